The molecule has 0 aromatic carbocycles. The molecule has 1 aromatic heterocycles. The predicted molar refractivity (Wildman–Crippen MR) is 56.5 cm³/mol. The van der Waals surface area contributed by atoms with Gasteiger partial charge in [0.1, 0.15) is 5.76 Å². The highest BCUT2D eigenvalue weighted by Crippen LogP contribution is 2.21. The molecule has 0 N–H and O–H groups in total. The van der Waals surface area contributed by atoms with Gasteiger partial charge in [-0.15, -0.1) is 0 Å². The highest BCUT2D eigenvalue weighted by atomic mass is 16.5. The molecule has 0 unspecified atom stereocenters. The zero-order chi connectivity index (χ0) is 10.7. The molecule has 1 heterocycles. The Labute approximate surface area is 84.4 Å². The summed E-state index contributed by atoms with van der Waals surface area (Å²) in [4.78, 5) is 1.73. The molecule has 74 valence electrons. The Morgan fingerprint density at radius 3 is 2.71 bits per heavy atom. The number of nitrogens with zero attached hydrogens (tertiary/aromatic N) is 2. The lowest BCUT2D eigenvalue weighted by Gasteiger charge is -2.12. The lowest BCUT2D eigenvalue weighted by molar-refractivity contribution is 0.393. The summed E-state index contributed by atoms with van der Waals surface area (Å²) in [6.07, 6.45) is 5.25. The number of rotatable bonds is 3. The normalized spacial score (nSPS) is 9.57. The van der Waals surface area contributed by atoms with E-state index >= 15 is 0 Å². The van der Waals surface area contributed by atoms with E-state index in [1.807, 2.05) is 20.9 Å². The fourth-order valence-corrected chi connectivity index (χ4v) is 1.40. The van der Waals surface area contributed by atoms with E-state index in [1.54, 1.807) is 4.90 Å². The smallest absolute Gasteiger partial charge is 0.141 e. The van der Waals surface area contributed by atoms with Crippen LogP contribution in [0.5, 0.6) is 0 Å². The minimum absolute atomic E-state index is 0.624. The van der Waals surface area contributed by atoms with Crippen LogP contribution in [0, 0.1) is 26.3 Å². The summed E-state index contributed by atoms with van der Waals surface area (Å²) in [5, 5.41) is 3.86. The van der Waals surface area contributed by atoms with E-state index in [4.69, 9.17) is 10.9 Å². The van der Waals surface area contributed by atoms with Crippen LogP contribution in [0.4, 0.5) is 0 Å². The van der Waals surface area contributed by atoms with E-state index in [0.29, 0.717) is 6.54 Å². The van der Waals surface area contributed by atoms with Gasteiger partial charge in [0, 0.05) is 18.7 Å². The molecule has 0 spiro atoms. The first kappa shape index (κ1) is 10.4. The summed E-state index contributed by atoms with van der Waals surface area (Å²) in [6, 6.07) is 2.52. The van der Waals surface area contributed by atoms with Crippen molar-refractivity contribution in [1.82, 2.24) is 10.1 Å². The van der Waals surface area contributed by atoms with Crippen LogP contribution in [0.15, 0.2) is 11.1 Å². The standard InChI is InChI=1S/C11H14N2O/c1-6-13(5)7-8(2)11-9(3)12-14-10(11)4/h1H,2,7H2,3-5H3. The van der Waals surface area contributed by atoms with Crippen molar-refractivity contribution in [3.63, 3.8) is 0 Å². The molecule has 0 saturated heterocycles. The van der Waals surface area contributed by atoms with E-state index in [-0.39, 0.29) is 0 Å². The van der Waals surface area contributed by atoms with Gasteiger partial charge in [-0.1, -0.05) is 18.2 Å². The third-order valence-corrected chi connectivity index (χ3v) is 2.04. The first-order valence-corrected chi connectivity index (χ1v) is 4.34. The van der Waals surface area contributed by atoms with Crippen LogP contribution in [-0.2, 0) is 0 Å². The largest absolute Gasteiger partial charge is 0.361 e. The first-order valence-electron chi connectivity index (χ1n) is 4.34. The zero-order valence-corrected chi connectivity index (χ0v) is 8.79. The molecule has 0 fully saturated rings. The van der Waals surface area contributed by atoms with Crippen LogP contribution in [-0.4, -0.2) is 23.6 Å². The van der Waals surface area contributed by atoms with Gasteiger partial charge in [-0.25, -0.2) is 0 Å². The molecule has 0 bridgehead atoms. The third kappa shape index (κ3) is 1.97. The number of terminal acetylenes is 1. The highest BCUT2D eigenvalue weighted by molar-refractivity contribution is 5.67. The molecule has 14 heavy (non-hydrogen) atoms. The van der Waals surface area contributed by atoms with Crippen molar-refractivity contribution in [1.29, 1.82) is 0 Å². The van der Waals surface area contributed by atoms with Gasteiger partial charge < -0.3 is 9.42 Å². The molecule has 3 nitrogen and oxygen atoms in total. The van der Waals surface area contributed by atoms with Crippen LogP contribution in [0.3, 0.4) is 0 Å². The van der Waals surface area contributed by atoms with Gasteiger partial charge in [0.15, 0.2) is 0 Å². The molecule has 1 rings (SSSR count). The van der Waals surface area contributed by atoms with Crippen LogP contribution < -0.4 is 0 Å². The number of likely N-dealkylation sites (N-methyl/N-ethyl adjacent to an activating group) is 1. The Morgan fingerprint density at radius 1 is 1.64 bits per heavy atom. The summed E-state index contributed by atoms with van der Waals surface area (Å²) in [5.74, 6) is 0.790. The maximum Gasteiger partial charge on any atom is 0.141 e. The van der Waals surface area contributed by atoms with Gasteiger partial charge in [-0.3, -0.25) is 0 Å². The van der Waals surface area contributed by atoms with Crippen molar-refractivity contribution in [3.8, 4) is 12.5 Å². The molecule has 0 atom stereocenters. The summed E-state index contributed by atoms with van der Waals surface area (Å²) >= 11 is 0. The van der Waals surface area contributed by atoms with E-state index < -0.39 is 0 Å². The van der Waals surface area contributed by atoms with Crippen molar-refractivity contribution in [2.45, 2.75) is 13.8 Å². The van der Waals surface area contributed by atoms with Gasteiger partial charge >= 0.3 is 0 Å². The number of hydrogen-bond donors (Lipinski definition) is 0. The van der Waals surface area contributed by atoms with Crippen molar-refractivity contribution in [3.05, 3.63) is 23.6 Å². The van der Waals surface area contributed by atoms with Crippen molar-refractivity contribution < 1.29 is 4.52 Å². The lowest BCUT2D eigenvalue weighted by atomic mass is 10.1. The van der Waals surface area contributed by atoms with Crippen molar-refractivity contribution in [2.24, 2.45) is 0 Å². The summed E-state index contributed by atoms with van der Waals surface area (Å²) < 4.78 is 5.05. The Morgan fingerprint density at radius 2 is 2.29 bits per heavy atom. The second kappa shape index (κ2) is 4.01. The van der Waals surface area contributed by atoms with Gasteiger partial charge in [0.2, 0.25) is 0 Å². The van der Waals surface area contributed by atoms with Gasteiger partial charge in [-0.05, 0) is 19.4 Å². The monoisotopic (exact) mass is 190 g/mol. The Hall–Kier alpha value is -1.69. The summed E-state index contributed by atoms with van der Waals surface area (Å²) in [7, 11) is 1.84. The second-order valence-corrected chi connectivity index (χ2v) is 3.29. The minimum atomic E-state index is 0.624. The molecule has 0 aliphatic rings. The fraction of sp³-hybridized carbons (Fsp3) is 0.364. The SMILES string of the molecule is C#CN(C)CC(=C)c1c(C)noc1C. The number of aryl methyl sites for hydroxylation is 2. The lowest BCUT2D eigenvalue weighted by Crippen LogP contribution is -2.13. The van der Waals surface area contributed by atoms with E-state index in [0.717, 1.165) is 22.6 Å². The maximum atomic E-state index is 5.25. The Bertz CT molecular complexity index is 365. The minimum Gasteiger partial charge on any atom is -0.361 e. The number of aromatic nitrogens is 1. The predicted octanol–water partition coefficient (Wildman–Crippen LogP) is 1.83. The third-order valence-electron chi connectivity index (χ3n) is 2.04. The molecule has 3 heteroatoms. The molecule has 0 aliphatic heterocycles. The van der Waals surface area contributed by atoms with E-state index in [1.165, 1.54) is 0 Å². The molecule has 0 amide bonds. The van der Waals surface area contributed by atoms with E-state index in [2.05, 4.69) is 17.8 Å². The topological polar surface area (TPSA) is 29.3 Å². The average molecular weight is 190 g/mol. The van der Waals surface area contributed by atoms with Gasteiger partial charge in [0.05, 0.1) is 12.2 Å². The summed E-state index contributed by atoms with van der Waals surface area (Å²) in [6.45, 7) is 8.36. The fourth-order valence-electron chi connectivity index (χ4n) is 1.40. The quantitative estimate of drug-likeness (QED) is 0.538. The zero-order valence-electron chi connectivity index (χ0n) is 8.79. The first-order chi connectivity index (χ1) is 6.56. The molecular formula is C11H14N2O. The molecule has 0 aliphatic carbocycles. The van der Waals surface area contributed by atoms with Crippen LogP contribution in [0.1, 0.15) is 17.0 Å². The van der Waals surface area contributed by atoms with Crippen LogP contribution in [0.25, 0.3) is 5.57 Å². The Kier molecular flexibility index (Phi) is 2.98. The summed E-state index contributed by atoms with van der Waals surface area (Å²) in [5.41, 5.74) is 2.77. The van der Waals surface area contributed by atoms with Gasteiger partial charge in [-0.2, -0.15) is 0 Å². The molecule has 0 saturated carbocycles. The number of hydrogen-bond acceptors (Lipinski definition) is 3. The molecule has 1 aromatic rings. The van der Waals surface area contributed by atoms with E-state index in [9.17, 15) is 0 Å². The van der Waals surface area contributed by atoms with Crippen LogP contribution >= 0.6 is 0 Å². The Balaban J connectivity index is 2.86. The highest BCUT2D eigenvalue weighted by Gasteiger charge is 2.12. The second-order valence-electron chi connectivity index (χ2n) is 3.29. The molecular weight excluding hydrogens is 176 g/mol. The average Bonchev–Trinajstić information content (AvgIpc) is 2.46. The molecule has 0 radical (unpaired) electrons. The van der Waals surface area contributed by atoms with Crippen LogP contribution in [0.2, 0.25) is 0 Å². The van der Waals surface area contributed by atoms with Crippen molar-refractivity contribution >= 4 is 5.57 Å². The van der Waals surface area contributed by atoms with Crippen molar-refractivity contribution in [2.75, 3.05) is 13.6 Å². The maximum absolute atomic E-state index is 5.25. The van der Waals surface area contributed by atoms with Gasteiger partial charge in [0.25, 0.3) is 0 Å².